The Bertz CT molecular complexity index is 859. The minimum absolute atomic E-state index is 0.137. The lowest BCUT2D eigenvalue weighted by molar-refractivity contribution is -0.757. The number of carbonyl (C=O) groups is 1. The van der Waals surface area contributed by atoms with E-state index < -0.39 is 16.8 Å². The van der Waals surface area contributed by atoms with E-state index in [0.29, 0.717) is 38.4 Å². The molecule has 0 amide bonds. The largest absolute Gasteiger partial charge is 0.493 e. The summed E-state index contributed by atoms with van der Waals surface area (Å²) >= 11 is 0. The van der Waals surface area contributed by atoms with Crippen molar-refractivity contribution in [3.05, 3.63) is 64.2 Å². The highest BCUT2D eigenvalue weighted by Gasteiger charge is 2.30. The maximum Gasteiger partial charge on any atom is 0.416 e. The van der Waals surface area contributed by atoms with Gasteiger partial charge in [-0.2, -0.15) is 13.2 Å². The number of alkyl halides is 3. The van der Waals surface area contributed by atoms with Crippen LogP contribution in [0.5, 0.6) is 5.75 Å². The van der Waals surface area contributed by atoms with Crippen LogP contribution in [-0.2, 0) is 20.5 Å². The molecule has 0 saturated heterocycles. The van der Waals surface area contributed by atoms with E-state index in [2.05, 4.69) is 30.8 Å². The Morgan fingerprint density at radius 1 is 1.00 bits per heavy atom. The van der Waals surface area contributed by atoms with E-state index in [1.807, 2.05) is 32.9 Å². The highest BCUT2D eigenvalue weighted by atomic mass is 19.4. The Morgan fingerprint density at radius 2 is 1.69 bits per heavy atom. The molecule has 0 heterocycles. The van der Waals surface area contributed by atoms with Crippen molar-refractivity contribution in [1.82, 2.24) is 0 Å². The quantitative estimate of drug-likeness (QED) is 0.0485. The van der Waals surface area contributed by atoms with Gasteiger partial charge in [0.15, 0.2) is 0 Å². The lowest BCUT2D eigenvalue weighted by Gasteiger charge is -2.10. The van der Waals surface area contributed by atoms with Crippen molar-refractivity contribution in [3.8, 4) is 5.75 Å². The monoisotopic (exact) mass is 603 g/mol. The summed E-state index contributed by atoms with van der Waals surface area (Å²) in [5.41, 5.74) is -0.676. The van der Waals surface area contributed by atoms with Gasteiger partial charge >= 0.3 is 12.1 Å². The SMILES string of the molecule is CC.CC=CCCCC(=O)OCCCCCCO[N+](=O)[O-].CCCC(/C=C/CCOc1cccc(C(F)(F)F)c1)CC. The molecule has 42 heavy (non-hydrogen) atoms. The number of unbranched alkanes of at least 4 members (excludes halogenated alkanes) is 4. The molecular weight excluding hydrogens is 551 g/mol. The van der Waals surface area contributed by atoms with Gasteiger partial charge in [0.25, 0.3) is 5.09 Å². The fourth-order valence-electron chi connectivity index (χ4n) is 3.59. The van der Waals surface area contributed by atoms with Crippen molar-refractivity contribution >= 4 is 5.97 Å². The van der Waals surface area contributed by atoms with E-state index in [1.54, 1.807) is 6.07 Å². The van der Waals surface area contributed by atoms with Crippen LogP contribution in [0.2, 0.25) is 0 Å². The first-order valence-electron chi connectivity index (χ1n) is 15.1. The Kier molecular flexibility index (Phi) is 27.5. The number of nitrogens with zero attached hydrogens (tertiary/aromatic N) is 1. The third-order valence-corrected chi connectivity index (χ3v) is 5.79. The number of esters is 1. The second-order valence-corrected chi connectivity index (χ2v) is 9.20. The van der Waals surface area contributed by atoms with Crippen molar-refractivity contribution in [3.63, 3.8) is 0 Å². The van der Waals surface area contributed by atoms with Gasteiger partial charge in [0.2, 0.25) is 0 Å². The molecule has 0 spiro atoms. The van der Waals surface area contributed by atoms with E-state index in [4.69, 9.17) is 9.47 Å². The van der Waals surface area contributed by atoms with Gasteiger partial charge < -0.3 is 14.3 Å². The van der Waals surface area contributed by atoms with Crippen LogP contribution in [0, 0.1) is 16.0 Å². The van der Waals surface area contributed by atoms with Crippen molar-refractivity contribution in [2.75, 3.05) is 19.8 Å². The van der Waals surface area contributed by atoms with Crippen LogP contribution in [-0.4, -0.2) is 30.9 Å². The standard InChI is InChI=1S/C17H23F3O.C13H23NO5.C2H6/c1-3-8-14(4-2)9-5-6-12-21-16-11-7-10-15(13-16)17(18,19)20;1-2-3-4-7-10-13(15)18-11-8-5-6-9-12-19-14(16)17;1-2/h5,7,9-11,13-14H,3-4,6,8,12H2,1-2H3;2-3H,4-12H2,1H3;1-2H3/b9-5+;;. The summed E-state index contributed by atoms with van der Waals surface area (Å²) in [6.07, 6.45) is 13.4. The van der Waals surface area contributed by atoms with E-state index in [1.165, 1.54) is 12.5 Å². The molecule has 1 atom stereocenters. The first kappa shape index (κ1) is 41.1. The van der Waals surface area contributed by atoms with Crippen molar-refractivity contribution in [2.24, 2.45) is 5.92 Å². The number of carbonyl (C=O) groups excluding carboxylic acids is 1. The van der Waals surface area contributed by atoms with Gasteiger partial charge in [-0.15, -0.1) is 10.1 Å². The van der Waals surface area contributed by atoms with Gasteiger partial charge in [0, 0.05) is 6.42 Å². The highest BCUT2D eigenvalue weighted by molar-refractivity contribution is 5.69. The Labute approximate surface area is 250 Å². The third-order valence-electron chi connectivity index (χ3n) is 5.79. The summed E-state index contributed by atoms with van der Waals surface area (Å²) in [7, 11) is 0. The predicted molar refractivity (Wildman–Crippen MR) is 162 cm³/mol. The van der Waals surface area contributed by atoms with Crippen LogP contribution in [0.1, 0.15) is 111 Å². The number of rotatable bonds is 20. The summed E-state index contributed by atoms with van der Waals surface area (Å²) < 4.78 is 48.1. The first-order chi connectivity index (χ1) is 20.1. The zero-order valence-corrected chi connectivity index (χ0v) is 26.1. The molecular formula is C32H52F3NO6. The molecule has 0 aromatic heterocycles. The number of hydrogen-bond donors (Lipinski definition) is 0. The lowest BCUT2D eigenvalue weighted by atomic mass is 10.0. The molecule has 242 valence electrons. The highest BCUT2D eigenvalue weighted by Crippen LogP contribution is 2.31. The van der Waals surface area contributed by atoms with Crippen molar-refractivity contribution < 1.29 is 37.4 Å². The van der Waals surface area contributed by atoms with Crippen molar-refractivity contribution in [2.45, 2.75) is 111 Å². The molecule has 0 aliphatic rings. The minimum Gasteiger partial charge on any atom is -0.493 e. The molecule has 0 aliphatic carbocycles. The number of benzene rings is 1. The fraction of sp³-hybridized carbons (Fsp3) is 0.656. The van der Waals surface area contributed by atoms with Crippen LogP contribution < -0.4 is 4.74 Å². The van der Waals surface area contributed by atoms with Crippen LogP contribution in [0.3, 0.4) is 0 Å². The van der Waals surface area contributed by atoms with E-state index >= 15 is 0 Å². The van der Waals surface area contributed by atoms with Crippen LogP contribution in [0.4, 0.5) is 13.2 Å². The minimum atomic E-state index is -4.33. The van der Waals surface area contributed by atoms with E-state index in [0.717, 1.165) is 57.1 Å². The number of hydrogen-bond acceptors (Lipinski definition) is 6. The maximum atomic E-state index is 12.5. The maximum absolute atomic E-state index is 12.5. The molecule has 0 bridgehead atoms. The summed E-state index contributed by atoms with van der Waals surface area (Å²) in [6.45, 7) is 11.2. The Hall–Kier alpha value is -3.04. The van der Waals surface area contributed by atoms with E-state index in [-0.39, 0.29) is 18.3 Å². The molecule has 0 fully saturated rings. The zero-order valence-electron chi connectivity index (χ0n) is 26.1. The second kappa shape index (κ2) is 28.1. The summed E-state index contributed by atoms with van der Waals surface area (Å²) in [4.78, 5) is 25.3. The smallest absolute Gasteiger partial charge is 0.416 e. The van der Waals surface area contributed by atoms with Gasteiger partial charge in [-0.3, -0.25) is 4.79 Å². The molecule has 0 radical (unpaired) electrons. The van der Waals surface area contributed by atoms with Crippen molar-refractivity contribution in [1.29, 1.82) is 0 Å². The van der Waals surface area contributed by atoms with Gasteiger partial charge in [-0.05, 0) is 82.4 Å². The summed E-state index contributed by atoms with van der Waals surface area (Å²) in [5, 5.41) is 9.08. The molecule has 1 rings (SSSR count). The number of allylic oxidation sites excluding steroid dienone is 3. The van der Waals surface area contributed by atoms with Gasteiger partial charge in [0.05, 0.1) is 25.4 Å². The van der Waals surface area contributed by atoms with Gasteiger partial charge in [0.1, 0.15) is 5.75 Å². The average Bonchev–Trinajstić information content (AvgIpc) is 2.97. The molecule has 1 unspecified atom stereocenters. The summed E-state index contributed by atoms with van der Waals surface area (Å²) in [6, 6.07) is 4.99. The van der Waals surface area contributed by atoms with Crippen LogP contribution in [0.25, 0.3) is 0 Å². The Balaban J connectivity index is 0. The topological polar surface area (TPSA) is 87.9 Å². The average molecular weight is 604 g/mol. The first-order valence-corrected chi connectivity index (χ1v) is 15.1. The van der Waals surface area contributed by atoms with Gasteiger partial charge in [-0.1, -0.05) is 70.9 Å². The molecule has 1 aromatic rings. The molecule has 7 nitrogen and oxygen atoms in total. The molecule has 0 N–H and O–H groups in total. The fourth-order valence-corrected chi connectivity index (χ4v) is 3.59. The van der Waals surface area contributed by atoms with Gasteiger partial charge in [-0.25, -0.2) is 0 Å². The second-order valence-electron chi connectivity index (χ2n) is 9.20. The normalized spacial score (nSPS) is 11.7. The predicted octanol–water partition coefficient (Wildman–Crippen LogP) is 9.93. The Morgan fingerprint density at radius 3 is 2.29 bits per heavy atom. The number of halogens is 3. The lowest BCUT2D eigenvalue weighted by Crippen LogP contribution is -2.06. The molecule has 1 aromatic carbocycles. The summed E-state index contributed by atoms with van der Waals surface area (Å²) in [5.74, 6) is 0.698. The number of ether oxygens (including phenoxy) is 2. The van der Waals surface area contributed by atoms with Crippen LogP contribution in [0.15, 0.2) is 48.6 Å². The third kappa shape index (κ3) is 25.9. The van der Waals surface area contributed by atoms with Crippen LogP contribution >= 0.6 is 0 Å². The zero-order chi connectivity index (χ0) is 32.1. The molecule has 10 heteroatoms. The molecule has 0 aliphatic heterocycles. The molecule has 0 saturated carbocycles. The van der Waals surface area contributed by atoms with E-state index in [9.17, 15) is 28.1 Å².